The molecule has 0 radical (unpaired) electrons. The molecule has 5 nitrogen and oxygen atoms in total. The number of nitrogens with zero attached hydrogens (tertiary/aromatic N) is 1. The van der Waals surface area contributed by atoms with Gasteiger partial charge in [-0.3, -0.25) is 0 Å². The molecule has 0 aliphatic heterocycles. The maximum absolute atomic E-state index is 12.3. The van der Waals surface area contributed by atoms with Crippen molar-refractivity contribution in [1.82, 2.24) is 9.71 Å². The number of nitrogens with one attached hydrogen (secondary N) is 1. The highest BCUT2D eigenvalue weighted by Gasteiger charge is 2.18. The van der Waals surface area contributed by atoms with Crippen LogP contribution in [0.4, 0.5) is 0 Å². The number of benzene rings is 1. The summed E-state index contributed by atoms with van der Waals surface area (Å²) < 4.78 is 27.5. The van der Waals surface area contributed by atoms with E-state index in [0.717, 1.165) is 5.01 Å². The van der Waals surface area contributed by atoms with Crippen LogP contribution in [0.3, 0.4) is 0 Å². The maximum atomic E-state index is 12.3. The highest BCUT2D eigenvalue weighted by molar-refractivity contribution is 9.10. The number of halogens is 1. The van der Waals surface area contributed by atoms with E-state index >= 15 is 0 Å². The minimum Gasteiger partial charge on any atom is -0.392 e. The smallest absolute Gasteiger partial charge is 0.242 e. The molecule has 0 saturated heterocycles. The Hall–Kier alpha value is -0.800. The van der Waals surface area contributed by atoms with Gasteiger partial charge in [0, 0.05) is 9.85 Å². The van der Waals surface area contributed by atoms with Crippen molar-refractivity contribution in [2.45, 2.75) is 25.0 Å². The van der Waals surface area contributed by atoms with E-state index < -0.39 is 10.0 Å². The van der Waals surface area contributed by atoms with Crippen molar-refractivity contribution < 1.29 is 13.5 Å². The molecule has 0 unspecified atom stereocenters. The van der Waals surface area contributed by atoms with Gasteiger partial charge in [0.2, 0.25) is 10.0 Å². The van der Waals surface area contributed by atoms with Crippen LogP contribution in [0.1, 0.15) is 16.3 Å². The van der Waals surface area contributed by atoms with Gasteiger partial charge in [-0.2, -0.15) is 0 Å². The first-order valence-electron chi connectivity index (χ1n) is 5.72. The average Bonchev–Trinajstić information content (AvgIpc) is 2.83. The number of hydrogen-bond donors (Lipinski definition) is 2. The van der Waals surface area contributed by atoms with E-state index in [1.807, 2.05) is 12.3 Å². The van der Waals surface area contributed by atoms with Gasteiger partial charge < -0.3 is 5.11 Å². The Labute approximate surface area is 129 Å². The van der Waals surface area contributed by atoms with Crippen molar-refractivity contribution in [2.24, 2.45) is 0 Å². The number of thiazole rings is 1. The molecule has 0 bridgehead atoms. The van der Waals surface area contributed by atoms with Crippen LogP contribution in [0.5, 0.6) is 0 Å². The Balaban J connectivity index is 2.21. The highest BCUT2D eigenvalue weighted by Crippen LogP contribution is 2.23. The van der Waals surface area contributed by atoms with Crippen LogP contribution in [-0.2, 0) is 23.2 Å². The monoisotopic (exact) mass is 376 g/mol. The van der Waals surface area contributed by atoms with Crippen LogP contribution >= 0.6 is 27.3 Å². The van der Waals surface area contributed by atoms with E-state index in [0.29, 0.717) is 15.7 Å². The zero-order valence-corrected chi connectivity index (χ0v) is 13.8. The number of rotatable bonds is 5. The van der Waals surface area contributed by atoms with Crippen LogP contribution in [0.2, 0.25) is 0 Å². The van der Waals surface area contributed by atoms with Gasteiger partial charge in [0.25, 0.3) is 0 Å². The highest BCUT2D eigenvalue weighted by atomic mass is 79.9. The van der Waals surface area contributed by atoms with Crippen molar-refractivity contribution >= 4 is 37.3 Å². The van der Waals surface area contributed by atoms with Gasteiger partial charge >= 0.3 is 0 Å². The van der Waals surface area contributed by atoms with Crippen molar-refractivity contribution in [3.05, 3.63) is 44.3 Å². The minimum atomic E-state index is -3.66. The third-order valence-electron chi connectivity index (χ3n) is 2.58. The summed E-state index contributed by atoms with van der Waals surface area (Å²) >= 11 is 4.68. The fourth-order valence-corrected chi connectivity index (χ4v) is 4.21. The zero-order chi connectivity index (χ0) is 14.8. The Morgan fingerprint density at radius 3 is 2.80 bits per heavy atom. The second-order valence-electron chi connectivity index (χ2n) is 4.11. The summed E-state index contributed by atoms with van der Waals surface area (Å²) in [6.07, 6.45) is 0. The van der Waals surface area contributed by atoms with Crippen molar-refractivity contribution in [2.75, 3.05) is 0 Å². The van der Waals surface area contributed by atoms with Gasteiger partial charge in [-0.1, -0.05) is 6.07 Å². The lowest BCUT2D eigenvalue weighted by molar-refractivity contribution is 0.281. The molecule has 20 heavy (non-hydrogen) atoms. The number of hydrogen-bond acceptors (Lipinski definition) is 5. The molecule has 2 N–H and O–H groups in total. The maximum Gasteiger partial charge on any atom is 0.242 e. The van der Waals surface area contributed by atoms with E-state index in [-0.39, 0.29) is 18.0 Å². The fraction of sp³-hybridized carbons (Fsp3) is 0.250. The first kappa shape index (κ1) is 15.6. The lowest BCUT2D eigenvalue weighted by Gasteiger charge is -2.09. The van der Waals surface area contributed by atoms with Crippen molar-refractivity contribution in [3.8, 4) is 0 Å². The number of aromatic nitrogens is 1. The molecular formula is C12H13BrN2O3S2. The SMILES string of the molecule is Cc1nc(CNS(=O)(=O)c2cc(CO)ccc2Br)cs1. The van der Waals surface area contributed by atoms with E-state index in [2.05, 4.69) is 25.6 Å². The molecule has 108 valence electrons. The quantitative estimate of drug-likeness (QED) is 0.837. The van der Waals surface area contributed by atoms with Crippen LogP contribution in [-0.4, -0.2) is 18.5 Å². The van der Waals surface area contributed by atoms with Crippen LogP contribution in [0.15, 0.2) is 32.9 Å². The summed E-state index contributed by atoms with van der Waals surface area (Å²) in [6.45, 7) is 1.80. The lowest BCUT2D eigenvalue weighted by Crippen LogP contribution is -2.24. The Bertz CT molecular complexity index is 713. The molecule has 2 aromatic rings. The van der Waals surface area contributed by atoms with Gasteiger partial charge in [-0.05, 0) is 40.5 Å². The summed E-state index contributed by atoms with van der Waals surface area (Å²) in [5.74, 6) is 0. The van der Waals surface area contributed by atoms with E-state index in [4.69, 9.17) is 5.11 Å². The predicted molar refractivity (Wildman–Crippen MR) is 80.9 cm³/mol. The largest absolute Gasteiger partial charge is 0.392 e. The van der Waals surface area contributed by atoms with Crippen molar-refractivity contribution in [1.29, 1.82) is 0 Å². The molecule has 0 spiro atoms. The second-order valence-corrected chi connectivity index (χ2v) is 7.76. The predicted octanol–water partition coefficient (Wildman–Crippen LogP) is 2.18. The van der Waals surface area contributed by atoms with Crippen molar-refractivity contribution in [3.63, 3.8) is 0 Å². The number of aliphatic hydroxyl groups is 1. The zero-order valence-electron chi connectivity index (χ0n) is 10.6. The van der Waals surface area contributed by atoms with Crippen LogP contribution in [0, 0.1) is 6.92 Å². The Kier molecular flexibility index (Phi) is 4.92. The topological polar surface area (TPSA) is 79.3 Å². The summed E-state index contributed by atoms with van der Waals surface area (Å²) in [6, 6.07) is 4.71. The second kappa shape index (κ2) is 6.31. The number of aliphatic hydroxyl groups excluding tert-OH is 1. The summed E-state index contributed by atoms with van der Waals surface area (Å²) in [4.78, 5) is 4.31. The molecule has 1 heterocycles. The number of aryl methyl sites for hydroxylation is 1. The summed E-state index contributed by atoms with van der Waals surface area (Å²) in [7, 11) is -3.66. The van der Waals surface area contributed by atoms with Gasteiger partial charge in [0.05, 0.1) is 28.7 Å². The minimum absolute atomic E-state index is 0.107. The molecule has 0 aliphatic carbocycles. The van der Waals surface area contributed by atoms with E-state index in [1.165, 1.54) is 17.4 Å². The average molecular weight is 377 g/mol. The van der Waals surface area contributed by atoms with E-state index in [1.54, 1.807) is 12.1 Å². The third-order valence-corrected chi connectivity index (χ3v) is 5.80. The summed E-state index contributed by atoms with van der Waals surface area (Å²) in [5.41, 5.74) is 1.23. The first-order valence-corrected chi connectivity index (χ1v) is 8.88. The molecule has 1 aromatic heterocycles. The first-order chi connectivity index (χ1) is 9.42. The molecular weight excluding hydrogens is 364 g/mol. The van der Waals surface area contributed by atoms with Gasteiger partial charge in [-0.25, -0.2) is 18.1 Å². The summed E-state index contributed by atoms with van der Waals surface area (Å²) in [5, 5.41) is 11.8. The van der Waals surface area contributed by atoms with E-state index in [9.17, 15) is 8.42 Å². The number of sulfonamides is 1. The molecule has 1 aromatic carbocycles. The van der Waals surface area contributed by atoms with Gasteiger partial charge in [-0.15, -0.1) is 11.3 Å². The standard InChI is InChI=1S/C12H13BrN2O3S2/c1-8-15-10(7-19-8)5-14-20(17,18)12-4-9(6-16)2-3-11(12)13/h2-4,7,14,16H,5-6H2,1H3. The lowest BCUT2D eigenvalue weighted by atomic mass is 10.2. The normalized spacial score (nSPS) is 11.8. The molecule has 0 fully saturated rings. The van der Waals surface area contributed by atoms with Crippen LogP contribution < -0.4 is 4.72 Å². The molecule has 0 amide bonds. The molecule has 0 saturated carbocycles. The Morgan fingerprint density at radius 1 is 1.45 bits per heavy atom. The fourth-order valence-electron chi connectivity index (χ4n) is 1.59. The third kappa shape index (κ3) is 3.64. The van der Waals surface area contributed by atoms with Crippen LogP contribution in [0.25, 0.3) is 0 Å². The Morgan fingerprint density at radius 2 is 2.20 bits per heavy atom. The molecule has 0 atom stereocenters. The molecule has 0 aliphatic rings. The molecule has 8 heteroatoms. The molecule has 2 rings (SSSR count). The van der Waals surface area contributed by atoms with Gasteiger partial charge in [0.1, 0.15) is 0 Å². The van der Waals surface area contributed by atoms with Gasteiger partial charge in [0.15, 0.2) is 0 Å².